The summed E-state index contributed by atoms with van der Waals surface area (Å²) in [6.45, 7) is 2.33. The van der Waals surface area contributed by atoms with E-state index in [9.17, 15) is 4.39 Å². The van der Waals surface area contributed by atoms with Crippen LogP contribution in [0.4, 0.5) is 4.39 Å². The Labute approximate surface area is 120 Å². The fourth-order valence-corrected chi connectivity index (χ4v) is 4.24. The maximum absolute atomic E-state index is 13.1. The van der Waals surface area contributed by atoms with Gasteiger partial charge in [0.05, 0.1) is 0 Å². The minimum atomic E-state index is -0.145. The van der Waals surface area contributed by atoms with Crippen LogP contribution in [0.3, 0.4) is 0 Å². The molecule has 0 aromatic heterocycles. The lowest BCUT2D eigenvalue weighted by molar-refractivity contribution is 0.0707. The molecule has 2 nitrogen and oxygen atoms in total. The van der Waals surface area contributed by atoms with Crippen molar-refractivity contribution in [2.75, 3.05) is 7.11 Å². The van der Waals surface area contributed by atoms with E-state index in [0.717, 1.165) is 12.8 Å². The van der Waals surface area contributed by atoms with Gasteiger partial charge in [0.2, 0.25) is 0 Å². The van der Waals surface area contributed by atoms with Crippen LogP contribution in [0.25, 0.3) is 0 Å². The Bertz CT molecular complexity index is 461. The molecule has 0 amide bonds. The van der Waals surface area contributed by atoms with Crippen molar-refractivity contribution < 1.29 is 9.13 Å². The van der Waals surface area contributed by atoms with Crippen molar-refractivity contribution in [3.63, 3.8) is 0 Å². The van der Waals surface area contributed by atoms with Crippen molar-refractivity contribution >= 4 is 0 Å². The van der Waals surface area contributed by atoms with Crippen LogP contribution < -0.4 is 5.32 Å². The van der Waals surface area contributed by atoms with E-state index in [1.54, 1.807) is 19.2 Å². The van der Waals surface area contributed by atoms with Gasteiger partial charge in [-0.1, -0.05) is 18.6 Å². The molecule has 0 spiro atoms. The number of halogens is 1. The summed E-state index contributed by atoms with van der Waals surface area (Å²) in [6, 6.07) is 7.11. The smallest absolute Gasteiger partial charge is 0.123 e. The third-order valence-electron chi connectivity index (χ3n) is 5.33. The number of hydrogen-bond donors (Lipinski definition) is 1. The second-order valence-corrected chi connectivity index (χ2v) is 6.52. The van der Waals surface area contributed by atoms with Crippen molar-refractivity contribution in [3.05, 3.63) is 35.6 Å². The highest BCUT2D eigenvalue weighted by Crippen LogP contribution is 2.48. The van der Waals surface area contributed by atoms with Crippen molar-refractivity contribution in [2.45, 2.75) is 56.7 Å². The SMILES string of the molecule is COC1CCC(C)(C2CCCC2c2ccc(F)cc2)N1. The van der Waals surface area contributed by atoms with E-state index in [-0.39, 0.29) is 17.6 Å². The normalized spacial score (nSPS) is 37.5. The first-order chi connectivity index (χ1) is 9.62. The molecule has 3 heteroatoms. The van der Waals surface area contributed by atoms with E-state index in [2.05, 4.69) is 12.2 Å². The average Bonchev–Trinajstić information content (AvgIpc) is 3.07. The molecular weight excluding hydrogens is 253 g/mol. The lowest BCUT2D eigenvalue weighted by Crippen LogP contribution is -2.47. The molecule has 1 aliphatic heterocycles. The molecule has 4 unspecified atom stereocenters. The first-order valence-electron chi connectivity index (χ1n) is 7.68. The van der Waals surface area contributed by atoms with Crippen molar-refractivity contribution in [1.82, 2.24) is 5.32 Å². The van der Waals surface area contributed by atoms with Crippen LogP contribution in [0.15, 0.2) is 24.3 Å². The van der Waals surface area contributed by atoms with Gasteiger partial charge in [0, 0.05) is 12.6 Å². The Morgan fingerprint density at radius 2 is 1.95 bits per heavy atom. The third kappa shape index (κ3) is 2.49. The Morgan fingerprint density at radius 1 is 1.20 bits per heavy atom. The van der Waals surface area contributed by atoms with Gasteiger partial charge >= 0.3 is 0 Å². The van der Waals surface area contributed by atoms with Gasteiger partial charge in [-0.15, -0.1) is 0 Å². The fraction of sp³-hybridized carbons (Fsp3) is 0.647. The van der Waals surface area contributed by atoms with Crippen LogP contribution >= 0.6 is 0 Å². The molecule has 1 saturated heterocycles. The molecule has 1 aromatic carbocycles. The zero-order chi connectivity index (χ0) is 14.2. The first-order valence-corrected chi connectivity index (χ1v) is 7.68. The second kappa shape index (κ2) is 5.45. The summed E-state index contributed by atoms with van der Waals surface area (Å²) < 4.78 is 18.6. The molecule has 2 aliphatic rings. The molecule has 4 atom stereocenters. The zero-order valence-corrected chi connectivity index (χ0v) is 12.4. The van der Waals surface area contributed by atoms with E-state index in [1.807, 2.05) is 12.1 Å². The van der Waals surface area contributed by atoms with Crippen LogP contribution in [0.2, 0.25) is 0 Å². The number of benzene rings is 1. The van der Waals surface area contributed by atoms with E-state index >= 15 is 0 Å². The van der Waals surface area contributed by atoms with Gasteiger partial charge in [0.25, 0.3) is 0 Å². The predicted molar refractivity (Wildman–Crippen MR) is 78.1 cm³/mol. The minimum absolute atomic E-state index is 0.145. The van der Waals surface area contributed by atoms with E-state index in [1.165, 1.54) is 24.8 Å². The second-order valence-electron chi connectivity index (χ2n) is 6.52. The Morgan fingerprint density at radius 3 is 2.60 bits per heavy atom. The Hall–Kier alpha value is -0.930. The highest BCUT2D eigenvalue weighted by atomic mass is 19.1. The highest BCUT2D eigenvalue weighted by molar-refractivity contribution is 5.24. The van der Waals surface area contributed by atoms with Gasteiger partial charge in [-0.2, -0.15) is 0 Å². The summed E-state index contributed by atoms with van der Waals surface area (Å²) in [5.74, 6) is 1.02. The molecule has 0 radical (unpaired) electrons. The molecule has 1 N–H and O–H groups in total. The maximum Gasteiger partial charge on any atom is 0.123 e. The summed E-state index contributed by atoms with van der Waals surface area (Å²) in [5.41, 5.74) is 1.44. The molecule has 110 valence electrons. The summed E-state index contributed by atoms with van der Waals surface area (Å²) in [5, 5.41) is 3.67. The van der Waals surface area contributed by atoms with Crippen LogP contribution in [0.1, 0.15) is 50.5 Å². The minimum Gasteiger partial charge on any atom is -0.367 e. The Kier molecular flexibility index (Phi) is 3.83. The largest absolute Gasteiger partial charge is 0.367 e. The van der Waals surface area contributed by atoms with E-state index in [0.29, 0.717) is 11.8 Å². The van der Waals surface area contributed by atoms with Gasteiger partial charge in [-0.25, -0.2) is 4.39 Å². The molecule has 1 aromatic rings. The zero-order valence-electron chi connectivity index (χ0n) is 12.4. The van der Waals surface area contributed by atoms with Gasteiger partial charge in [0.1, 0.15) is 12.0 Å². The monoisotopic (exact) mass is 277 g/mol. The lowest BCUT2D eigenvalue weighted by atomic mass is 9.75. The van der Waals surface area contributed by atoms with Gasteiger partial charge in [0.15, 0.2) is 0 Å². The molecule has 1 heterocycles. The third-order valence-corrected chi connectivity index (χ3v) is 5.33. The summed E-state index contributed by atoms with van der Waals surface area (Å²) in [4.78, 5) is 0. The topological polar surface area (TPSA) is 21.3 Å². The van der Waals surface area contributed by atoms with Crippen molar-refractivity contribution in [1.29, 1.82) is 0 Å². The number of nitrogens with one attached hydrogen (secondary N) is 1. The van der Waals surface area contributed by atoms with Gasteiger partial charge in [-0.3, -0.25) is 5.32 Å². The molecule has 1 saturated carbocycles. The standard InChI is InChI=1S/C17H24FNO/c1-17(11-10-16(19-17)20-2)15-5-3-4-14(15)12-6-8-13(18)9-7-12/h6-9,14-16,19H,3-5,10-11H2,1-2H3. The average molecular weight is 277 g/mol. The number of rotatable bonds is 3. The summed E-state index contributed by atoms with van der Waals surface area (Å²) >= 11 is 0. The van der Waals surface area contributed by atoms with Crippen LogP contribution in [-0.2, 0) is 4.74 Å². The summed E-state index contributed by atoms with van der Waals surface area (Å²) in [7, 11) is 1.77. The molecular formula is C17H24FNO. The Balaban J connectivity index is 1.80. The van der Waals surface area contributed by atoms with Crippen LogP contribution in [0, 0.1) is 11.7 Å². The van der Waals surface area contributed by atoms with E-state index < -0.39 is 0 Å². The molecule has 2 fully saturated rings. The van der Waals surface area contributed by atoms with Crippen LogP contribution in [0.5, 0.6) is 0 Å². The quantitative estimate of drug-likeness (QED) is 0.906. The highest BCUT2D eigenvalue weighted by Gasteiger charge is 2.46. The molecule has 1 aliphatic carbocycles. The van der Waals surface area contributed by atoms with Gasteiger partial charge < -0.3 is 4.74 Å². The number of hydrogen-bond acceptors (Lipinski definition) is 2. The lowest BCUT2D eigenvalue weighted by Gasteiger charge is -2.36. The van der Waals surface area contributed by atoms with Crippen LogP contribution in [-0.4, -0.2) is 18.9 Å². The molecule has 0 bridgehead atoms. The molecule has 20 heavy (non-hydrogen) atoms. The fourth-order valence-electron chi connectivity index (χ4n) is 4.24. The maximum atomic E-state index is 13.1. The number of methoxy groups -OCH3 is 1. The first kappa shape index (κ1) is 14.0. The van der Waals surface area contributed by atoms with E-state index in [4.69, 9.17) is 4.74 Å². The molecule has 3 rings (SSSR count). The predicted octanol–water partition coefficient (Wildman–Crippen LogP) is 3.82. The number of ether oxygens (including phenoxy) is 1. The van der Waals surface area contributed by atoms with Crippen molar-refractivity contribution in [2.24, 2.45) is 5.92 Å². The summed E-state index contributed by atoms with van der Waals surface area (Å²) in [6.07, 6.45) is 6.16. The van der Waals surface area contributed by atoms with Crippen molar-refractivity contribution in [3.8, 4) is 0 Å². The van der Waals surface area contributed by atoms with Gasteiger partial charge in [-0.05, 0) is 62.1 Å².